The maximum absolute atomic E-state index is 11.7. The van der Waals surface area contributed by atoms with Crippen LogP contribution in [0.25, 0.3) is 0 Å². The molecule has 0 aromatic heterocycles. The Hall–Kier alpha value is -1.35. The first kappa shape index (κ1) is 12.7. The van der Waals surface area contributed by atoms with Crippen molar-refractivity contribution >= 4 is 5.97 Å². The van der Waals surface area contributed by atoms with E-state index in [4.69, 9.17) is 0 Å². The summed E-state index contributed by atoms with van der Waals surface area (Å²) in [6.07, 6.45) is 3.15. The van der Waals surface area contributed by atoms with E-state index in [0.29, 0.717) is 6.04 Å². The minimum absolute atomic E-state index is 0.173. The molecule has 2 aliphatic rings. The summed E-state index contributed by atoms with van der Waals surface area (Å²) in [6, 6.07) is 9.18. The van der Waals surface area contributed by atoms with Crippen molar-refractivity contribution in [1.29, 1.82) is 0 Å². The molecule has 3 rings (SSSR count). The molecule has 1 aromatic carbocycles. The van der Waals surface area contributed by atoms with Crippen molar-refractivity contribution in [3.63, 3.8) is 0 Å². The van der Waals surface area contributed by atoms with Crippen LogP contribution < -0.4 is 0 Å². The number of carboxylic acids is 1. The minimum atomic E-state index is -0.636. The molecule has 0 amide bonds. The van der Waals surface area contributed by atoms with Gasteiger partial charge in [-0.2, -0.15) is 0 Å². The monoisotopic (exact) mass is 259 g/mol. The van der Waals surface area contributed by atoms with Gasteiger partial charge in [0.05, 0.1) is 5.92 Å². The highest BCUT2D eigenvalue weighted by atomic mass is 16.4. The van der Waals surface area contributed by atoms with E-state index in [1.807, 2.05) is 0 Å². The lowest BCUT2D eigenvalue weighted by atomic mass is 9.76. The first-order chi connectivity index (χ1) is 9.08. The summed E-state index contributed by atoms with van der Waals surface area (Å²) in [7, 11) is 2.09. The van der Waals surface area contributed by atoms with Gasteiger partial charge in [-0.3, -0.25) is 9.69 Å². The molecule has 2 bridgehead atoms. The number of carboxylic acid groups (broad SMARTS) is 1. The largest absolute Gasteiger partial charge is 0.481 e. The summed E-state index contributed by atoms with van der Waals surface area (Å²) in [5.74, 6) is -0.721. The van der Waals surface area contributed by atoms with Gasteiger partial charge in [0.15, 0.2) is 0 Å². The number of rotatable bonds is 2. The Bertz CT molecular complexity index is 482. The van der Waals surface area contributed by atoms with E-state index in [9.17, 15) is 9.90 Å². The summed E-state index contributed by atoms with van der Waals surface area (Å²) in [5.41, 5.74) is 2.43. The Morgan fingerprint density at radius 2 is 1.95 bits per heavy atom. The Labute approximate surface area is 114 Å². The number of benzene rings is 1. The molecule has 0 saturated carbocycles. The van der Waals surface area contributed by atoms with Gasteiger partial charge in [-0.05, 0) is 38.8 Å². The first-order valence-corrected chi connectivity index (χ1v) is 7.09. The van der Waals surface area contributed by atoms with Crippen LogP contribution in [-0.2, 0) is 4.79 Å². The van der Waals surface area contributed by atoms with E-state index in [-0.39, 0.29) is 17.9 Å². The summed E-state index contributed by atoms with van der Waals surface area (Å²) in [5, 5.41) is 9.64. The molecule has 4 atom stereocenters. The van der Waals surface area contributed by atoms with Gasteiger partial charge in [-0.1, -0.05) is 29.8 Å². The average molecular weight is 259 g/mol. The first-order valence-electron chi connectivity index (χ1n) is 7.09. The van der Waals surface area contributed by atoms with Crippen LogP contribution in [0, 0.1) is 12.8 Å². The molecule has 102 valence electrons. The van der Waals surface area contributed by atoms with Crippen LogP contribution in [-0.4, -0.2) is 35.1 Å². The number of carbonyl (C=O) groups is 1. The molecule has 0 radical (unpaired) electrons. The summed E-state index contributed by atoms with van der Waals surface area (Å²) < 4.78 is 0. The molecule has 3 nitrogen and oxygen atoms in total. The van der Waals surface area contributed by atoms with Crippen LogP contribution in [0.15, 0.2) is 24.3 Å². The van der Waals surface area contributed by atoms with Gasteiger partial charge >= 0.3 is 5.97 Å². The fourth-order valence-corrected chi connectivity index (χ4v) is 3.96. The predicted molar refractivity (Wildman–Crippen MR) is 74.2 cm³/mol. The number of fused-ring (bicyclic) bond motifs is 2. The van der Waals surface area contributed by atoms with Crippen molar-refractivity contribution in [3.05, 3.63) is 35.4 Å². The van der Waals surface area contributed by atoms with E-state index in [0.717, 1.165) is 19.3 Å². The van der Waals surface area contributed by atoms with Gasteiger partial charge in [-0.15, -0.1) is 0 Å². The second-order valence-electron chi connectivity index (χ2n) is 6.08. The smallest absolute Gasteiger partial charge is 0.308 e. The highest BCUT2D eigenvalue weighted by molar-refractivity contribution is 5.73. The van der Waals surface area contributed by atoms with Gasteiger partial charge in [0.1, 0.15) is 0 Å². The quantitative estimate of drug-likeness (QED) is 0.887. The summed E-state index contributed by atoms with van der Waals surface area (Å²) in [6.45, 7) is 2.07. The van der Waals surface area contributed by atoms with Crippen molar-refractivity contribution in [2.45, 2.75) is 44.2 Å². The Kier molecular flexibility index (Phi) is 3.09. The summed E-state index contributed by atoms with van der Waals surface area (Å²) >= 11 is 0. The molecule has 2 fully saturated rings. The van der Waals surface area contributed by atoms with Gasteiger partial charge < -0.3 is 5.11 Å². The molecule has 2 saturated heterocycles. The van der Waals surface area contributed by atoms with Crippen LogP contribution in [0.3, 0.4) is 0 Å². The lowest BCUT2D eigenvalue weighted by Crippen LogP contribution is -2.48. The third-order valence-corrected chi connectivity index (χ3v) is 5.06. The third-order valence-electron chi connectivity index (χ3n) is 5.06. The second kappa shape index (κ2) is 4.64. The number of piperidine rings is 1. The number of hydrogen-bond acceptors (Lipinski definition) is 2. The van der Waals surface area contributed by atoms with E-state index in [1.165, 1.54) is 11.1 Å². The van der Waals surface area contributed by atoms with Crippen LogP contribution in [0.4, 0.5) is 0 Å². The molecular weight excluding hydrogens is 238 g/mol. The van der Waals surface area contributed by atoms with E-state index >= 15 is 0 Å². The fraction of sp³-hybridized carbons (Fsp3) is 0.562. The molecule has 1 N–H and O–H groups in total. The normalized spacial score (nSPS) is 34.4. The topological polar surface area (TPSA) is 40.5 Å². The van der Waals surface area contributed by atoms with Crippen LogP contribution in [0.2, 0.25) is 0 Å². The molecule has 3 heteroatoms. The van der Waals surface area contributed by atoms with Gasteiger partial charge in [0.25, 0.3) is 0 Å². The molecule has 19 heavy (non-hydrogen) atoms. The van der Waals surface area contributed by atoms with Gasteiger partial charge in [0.2, 0.25) is 0 Å². The standard InChI is InChI=1S/C16H21NO2/c1-10-3-5-11(6-4-10)13-9-12-7-8-14(17(12)2)15(13)16(18)19/h3-6,12-15H,7-9H2,1-2H3,(H,18,19)/t12-,13+,14+,15-/m0/s1. The molecule has 0 aliphatic carbocycles. The Morgan fingerprint density at radius 3 is 2.58 bits per heavy atom. The maximum Gasteiger partial charge on any atom is 0.308 e. The van der Waals surface area contributed by atoms with Crippen LogP contribution in [0.1, 0.15) is 36.3 Å². The lowest BCUT2D eigenvalue weighted by molar-refractivity contribution is -0.146. The molecule has 2 heterocycles. The van der Waals surface area contributed by atoms with Crippen molar-refractivity contribution < 1.29 is 9.90 Å². The van der Waals surface area contributed by atoms with E-state index in [1.54, 1.807) is 0 Å². The predicted octanol–water partition coefficient (Wildman–Crippen LogP) is 2.65. The van der Waals surface area contributed by atoms with Crippen molar-refractivity contribution in [1.82, 2.24) is 4.90 Å². The Balaban J connectivity index is 1.95. The zero-order chi connectivity index (χ0) is 13.6. The number of aliphatic carboxylic acids is 1. The third kappa shape index (κ3) is 2.06. The molecular formula is C16H21NO2. The zero-order valence-corrected chi connectivity index (χ0v) is 11.5. The lowest BCUT2D eigenvalue weighted by Gasteiger charge is -2.41. The minimum Gasteiger partial charge on any atom is -0.481 e. The van der Waals surface area contributed by atoms with E-state index in [2.05, 4.69) is 43.1 Å². The van der Waals surface area contributed by atoms with Crippen molar-refractivity contribution in [3.8, 4) is 0 Å². The van der Waals surface area contributed by atoms with Crippen LogP contribution >= 0.6 is 0 Å². The Morgan fingerprint density at radius 1 is 1.26 bits per heavy atom. The number of hydrogen-bond donors (Lipinski definition) is 1. The highest BCUT2D eigenvalue weighted by Crippen LogP contribution is 2.46. The van der Waals surface area contributed by atoms with Crippen molar-refractivity contribution in [2.75, 3.05) is 7.05 Å². The van der Waals surface area contributed by atoms with E-state index < -0.39 is 5.97 Å². The molecule has 0 unspecified atom stereocenters. The molecule has 2 aliphatic heterocycles. The fourth-order valence-electron chi connectivity index (χ4n) is 3.96. The molecule has 0 spiro atoms. The molecule has 1 aromatic rings. The average Bonchev–Trinajstić information content (AvgIpc) is 2.63. The number of aryl methyl sites for hydroxylation is 1. The van der Waals surface area contributed by atoms with Crippen molar-refractivity contribution in [2.24, 2.45) is 5.92 Å². The summed E-state index contributed by atoms with van der Waals surface area (Å²) in [4.78, 5) is 14.0. The zero-order valence-electron chi connectivity index (χ0n) is 11.5. The van der Waals surface area contributed by atoms with Gasteiger partial charge in [0, 0.05) is 18.0 Å². The van der Waals surface area contributed by atoms with Crippen LogP contribution in [0.5, 0.6) is 0 Å². The van der Waals surface area contributed by atoms with Gasteiger partial charge in [-0.25, -0.2) is 0 Å². The number of nitrogens with zero attached hydrogens (tertiary/aromatic N) is 1. The highest BCUT2D eigenvalue weighted by Gasteiger charge is 2.49. The maximum atomic E-state index is 11.7. The second-order valence-corrected chi connectivity index (χ2v) is 6.08. The SMILES string of the molecule is Cc1ccc([C@H]2C[C@@H]3CC[C@H]([C@H]2C(=O)O)N3C)cc1.